The Labute approximate surface area is 99.3 Å². The topological polar surface area (TPSA) is 46.2 Å². The van der Waals surface area contributed by atoms with Crippen LogP contribution in [0.4, 0.5) is 5.69 Å². The van der Waals surface area contributed by atoms with Gasteiger partial charge < -0.3 is 10.8 Å². The molecule has 82 valence electrons. The average molecular weight is 234 g/mol. The van der Waals surface area contributed by atoms with Gasteiger partial charge in [-0.3, -0.25) is 0 Å². The number of hydrogen-bond acceptors (Lipinski definition) is 2. The summed E-state index contributed by atoms with van der Waals surface area (Å²) >= 11 is 5.96. The number of halogens is 1. The highest BCUT2D eigenvalue weighted by Crippen LogP contribution is 2.29. The number of anilines is 1. The zero-order chi connectivity index (χ0) is 11.7. The standard InChI is InChI=1S/C13H12ClNO/c1-8-6-9(2-4-11(8)14)10-3-5-12(15)13(16)7-10/h2-7,16H,15H2,1H3. The second-order valence-electron chi connectivity index (χ2n) is 3.74. The minimum absolute atomic E-state index is 0.102. The molecule has 3 heteroatoms. The molecule has 0 bridgehead atoms. The van der Waals surface area contributed by atoms with Crippen molar-refractivity contribution < 1.29 is 5.11 Å². The summed E-state index contributed by atoms with van der Waals surface area (Å²) in [6, 6.07) is 11.0. The average Bonchev–Trinajstić information content (AvgIpc) is 2.26. The van der Waals surface area contributed by atoms with Gasteiger partial charge in [0, 0.05) is 5.02 Å². The van der Waals surface area contributed by atoms with Crippen LogP contribution < -0.4 is 5.73 Å². The molecule has 0 aromatic heterocycles. The van der Waals surface area contributed by atoms with Gasteiger partial charge in [-0.05, 0) is 47.9 Å². The van der Waals surface area contributed by atoms with Crippen LogP contribution in [0.2, 0.25) is 5.02 Å². The van der Waals surface area contributed by atoms with Crippen LogP contribution in [-0.2, 0) is 0 Å². The van der Waals surface area contributed by atoms with Gasteiger partial charge in [0.2, 0.25) is 0 Å². The molecule has 3 N–H and O–H groups in total. The lowest BCUT2D eigenvalue weighted by atomic mass is 10.0. The smallest absolute Gasteiger partial charge is 0.139 e. The molecule has 0 saturated carbocycles. The molecule has 16 heavy (non-hydrogen) atoms. The largest absolute Gasteiger partial charge is 0.506 e. The highest BCUT2D eigenvalue weighted by Gasteiger charge is 2.03. The molecule has 2 aromatic carbocycles. The summed E-state index contributed by atoms with van der Waals surface area (Å²) in [6.07, 6.45) is 0. The van der Waals surface area contributed by atoms with Gasteiger partial charge in [-0.25, -0.2) is 0 Å². The Morgan fingerprint density at radius 1 is 1.06 bits per heavy atom. The first kappa shape index (κ1) is 10.8. The number of hydrogen-bond donors (Lipinski definition) is 2. The van der Waals surface area contributed by atoms with Crippen LogP contribution in [0.25, 0.3) is 11.1 Å². The van der Waals surface area contributed by atoms with Crippen molar-refractivity contribution in [3.05, 3.63) is 47.0 Å². The fraction of sp³-hybridized carbons (Fsp3) is 0.0769. The van der Waals surface area contributed by atoms with Crippen LogP contribution in [0.1, 0.15) is 5.56 Å². The molecular formula is C13H12ClNO. The van der Waals surface area contributed by atoms with Crippen LogP contribution in [0.5, 0.6) is 5.75 Å². The van der Waals surface area contributed by atoms with Crippen molar-refractivity contribution >= 4 is 17.3 Å². The summed E-state index contributed by atoms with van der Waals surface area (Å²) < 4.78 is 0. The number of nitrogens with two attached hydrogens (primary N) is 1. The van der Waals surface area contributed by atoms with Crippen molar-refractivity contribution in [2.75, 3.05) is 5.73 Å². The van der Waals surface area contributed by atoms with Gasteiger partial charge in [-0.2, -0.15) is 0 Å². The number of aromatic hydroxyl groups is 1. The molecule has 0 aliphatic carbocycles. The Morgan fingerprint density at radius 2 is 1.69 bits per heavy atom. The zero-order valence-corrected chi connectivity index (χ0v) is 9.62. The Kier molecular flexibility index (Phi) is 2.75. The first-order chi connectivity index (χ1) is 7.58. The van der Waals surface area contributed by atoms with Crippen LogP contribution >= 0.6 is 11.6 Å². The van der Waals surface area contributed by atoms with Crippen molar-refractivity contribution in [3.8, 4) is 16.9 Å². The van der Waals surface area contributed by atoms with Gasteiger partial charge in [0.25, 0.3) is 0 Å². The number of aryl methyl sites for hydroxylation is 1. The summed E-state index contributed by atoms with van der Waals surface area (Å²) in [5.74, 6) is 0.102. The van der Waals surface area contributed by atoms with Gasteiger partial charge in [-0.15, -0.1) is 0 Å². The van der Waals surface area contributed by atoms with Gasteiger partial charge in [0.1, 0.15) is 5.75 Å². The van der Waals surface area contributed by atoms with Gasteiger partial charge in [-0.1, -0.05) is 23.7 Å². The number of nitrogen functional groups attached to an aromatic ring is 1. The minimum atomic E-state index is 0.102. The van der Waals surface area contributed by atoms with E-state index in [2.05, 4.69) is 0 Å². The maximum atomic E-state index is 9.53. The van der Waals surface area contributed by atoms with E-state index in [0.717, 1.165) is 21.7 Å². The molecule has 0 spiro atoms. The van der Waals surface area contributed by atoms with Gasteiger partial charge in [0.15, 0.2) is 0 Å². The van der Waals surface area contributed by atoms with E-state index in [4.69, 9.17) is 17.3 Å². The SMILES string of the molecule is Cc1cc(-c2ccc(N)c(O)c2)ccc1Cl. The second-order valence-corrected chi connectivity index (χ2v) is 4.14. The third kappa shape index (κ3) is 1.97. The summed E-state index contributed by atoms with van der Waals surface area (Å²) in [5, 5.41) is 10.3. The predicted molar refractivity (Wildman–Crippen MR) is 67.7 cm³/mol. The summed E-state index contributed by atoms with van der Waals surface area (Å²) in [6.45, 7) is 1.95. The van der Waals surface area contributed by atoms with Crippen molar-refractivity contribution in [3.63, 3.8) is 0 Å². The van der Waals surface area contributed by atoms with E-state index in [1.165, 1.54) is 0 Å². The molecule has 0 heterocycles. The first-order valence-corrected chi connectivity index (χ1v) is 5.31. The Balaban J connectivity index is 2.50. The molecule has 2 rings (SSSR count). The van der Waals surface area contributed by atoms with Crippen molar-refractivity contribution in [1.82, 2.24) is 0 Å². The lowest BCUT2D eigenvalue weighted by Crippen LogP contribution is -1.86. The molecule has 2 aromatic rings. The van der Waals surface area contributed by atoms with E-state index in [1.807, 2.05) is 31.2 Å². The predicted octanol–water partition coefficient (Wildman–Crippen LogP) is 3.60. The number of phenolic OH excluding ortho intramolecular Hbond substituents is 1. The van der Waals surface area contributed by atoms with Crippen molar-refractivity contribution in [2.45, 2.75) is 6.92 Å². The molecule has 0 amide bonds. The van der Waals surface area contributed by atoms with Crippen LogP contribution in [-0.4, -0.2) is 5.11 Å². The molecular weight excluding hydrogens is 222 g/mol. The summed E-state index contributed by atoms with van der Waals surface area (Å²) in [7, 11) is 0. The quantitative estimate of drug-likeness (QED) is 0.584. The molecule has 0 unspecified atom stereocenters. The fourth-order valence-corrected chi connectivity index (χ4v) is 1.67. The van der Waals surface area contributed by atoms with Crippen LogP contribution in [0, 0.1) is 6.92 Å². The van der Waals surface area contributed by atoms with Crippen molar-refractivity contribution in [2.24, 2.45) is 0 Å². The zero-order valence-electron chi connectivity index (χ0n) is 8.87. The summed E-state index contributed by atoms with van der Waals surface area (Å²) in [4.78, 5) is 0. The Morgan fingerprint density at radius 3 is 2.31 bits per heavy atom. The number of rotatable bonds is 1. The normalized spacial score (nSPS) is 10.4. The van der Waals surface area contributed by atoms with Crippen molar-refractivity contribution in [1.29, 1.82) is 0 Å². The van der Waals surface area contributed by atoms with E-state index < -0.39 is 0 Å². The van der Waals surface area contributed by atoms with E-state index in [0.29, 0.717) is 5.69 Å². The maximum absolute atomic E-state index is 9.53. The van der Waals surface area contributed by atoms with Crippen LogP contribution in [0.15, 0.2) is 36.4 Å². The molecule has 0 aliphatic heterocycles. The molecule has 0 aliphatic rings. The lowest BCUT2D eigenvalue weighted by molar-refractivity contribution is 0.478. The lowest BCUT2D eigenvalue weighted by Gasteiger charge is -2.06. The Bertz CT molecular complexity index is 488. The number of benzene rings is 2. The van der Waals surface area contributed by atoms with Gasteiger partial charge in [0.05, 0.1) is 5.69 Å². The third-order valence-electron chi connectivity index (χ3n) is 2.52. The van der Waals surface area contributed by atoms with E-state index in [9.17, 15) is 5.11 Å². The monoisotopic (exact) mass is 233 g/mol. The molecule has 0 radical (unpaired) electrons. The second kappa shape index (κ2) is 4.06. The first-order valence-electron chi connectivity index (χ1n) is 4.93. The van der Waals surface area contributed by atoms with E-state index in [-0.39, 0.29) is 5.75 Å². The fourth-order valence-electron chi connectivity index (χ4n) is 1.55. The van der Waals surface area contributed by atoms with Gasteiger partial charge >= 0.3 is 0 Å². The minimum Gasteiger partial charge on any atom is -0.506 e. The highest BCUT2D eigenvalue weighted by molar-refractivity contribution is 6.31. The maximum Gasteiger partial charge on any atom is 0.139 e. The molecule has 0 fully saturated rings. The molecule has 0 atom stereocenters. The molecule has 0 saturated heterocycles. The van der Waals surface area contributed by atoms with E-state index >= 15 is 0 Å². The third-order valence-corrected chi connectivity index (χ3v) is 2.95. The highest BCUT2D eigenvalue weighted by atomic mass is 35.5. The molecule has 2 nitrogen and oxygen atoms in total. The number of phenols is 1. The summed E-state index contributed by atoms with van der Waals surface area (Å²) in [5.41, 5.74) is 8.88. The van der Waals surface area contributed by atoms with E-state index in [1.54, 1.807) is 12.1 Å². The Hall–Kier alpha value is -1.67. The van der Waals surface area contributed by atoms with Crippen LogP contribution in [0.3, 0.4) is 0 Å².